The normalized spacial score (nSPS) is 11.0. The van der Waals surface area contributed by atoms with Gasteiger partial charge in [0.2, 0.25) is 5.91 Å². The Morgan fingerprint density at radius 2 is 2.04 bits per heavy atom. The highest BCUT2D eigenvalue weighted by molar-refractivity contribution is 7.17. The molecule has 0 saturated carbocycles. The van der Waals surface area contributed by atoms with Crippen molar-refractivity contribution in [3.8, 4) is 11.3 Å². The lowest BCUT2D eigenvalue weighted by Crippen LogP contribution is -2.27. The first-order chi connectivity index (χ1) is 13.0. The van der Waals surface area contributed by atoms with Gasteiger partial charge in [0.1, 0.15) is 11.2 Å². The van der Waals surface area contributed by atoms with Crippen molar-refractivity contribution in [3.05, 3.63) is 62.8 Å². The zero-order valence-corrected chi connectivity index (χ0v) is 16.4. The molecule has 4 aromatic rings. The lowest BCUT2D eigenvalue weighted by atomic mass is 10.1. The van der Waals surface area contributed by atoms with Gasteiger partial charge < -0.3 is 5.32 Å². The molecule has 6 nitrogen and oxygen atoms in total. The first-order valence-corrected chi connectivity index (χ1v) is 10.0. The van der Waals surface area contributed by atoms with Crippen LogP contribution in [0.5, 0.6) is 0 Å². The molecule has 0 radical (unpaired) electrons. The van der Waals surface area contributed by atoms with E-state index < -0.39 is 0 Å². The third-order valence-electron chi connectivity index (χ3n) is 4.30. The predicted molar refractivity (Wildman–Crippen MR) is 110 cm³/mol. The van der Waals surface area contributed by atoms with E-state index in [0.717, 1.165) is 11.3 Å². The van der Waals surface area contributed by atoms with Gasteiger partial charge in [-0.05, 0) is 42.5 Å². The van der Waals surface area contributed by atoms with Crippen LogP contribution in [-0.4, -0.2) is 20.4 Å². The molecule has 3 heterocycles. The van der Waals surface area contributed by atoms with Crippen LogP contribution in [0.25, 0.3) is 21.5 Å². The minimum absolute atomic E-state index is 0.0990. The Morgan fingerprint density at radius 3 is 2.85 bits per heavy atom. The third-order valence-corrected chi connectivity index (χ3v) is 5.95. The average molecular weight is 396 g/mol. The highest BCUT2D eigenvalue weighted by Gasteiger charge is 2.12. The number of carbonyl (C=O) groups excluding carboxylic acids is 1. The first kappa shape index (κ1) is 17.6. The van der Waals surface area contributed by atoms with Crippen LogP contribution in [0.2, 0.25) is 0 Å². The summed E-state index contributed by atoms with van der Waals surface area (Å²) in [6, 6.07) is 7.94. The second-order valence-electron chi connectivity index (χ2n) is 6.20. The maximum absolute atomic E-state index is 12.4. The van der Waals surface area contributed by atoms with E-state index in [0.29, 0.717) is 15.3 Å². The van der Waals surface area contributed by atoms with Crippen molar-refractivity contribution in [3.63, 3.8) is 0 Å². The summed E-state index contributed by atoms with van der Waals surface area (Å²) in [4.78, 5) is 33.4. The summed E-state index contributed by atoms with van der Waals surface area (Å²) in [5, 5.41) is 6.99. The first-order valence-electron chi connectivity index (χ1n) is 8.27. The van der Waals surface area contributed by atoms with Crippen LogP contribution in [0.15, 0.2) is 46.1 Å². The number of anilines is 1. The van der Waals surface area contributed by atoms with E-state index in [1.807, 2.05) is 16.8 Å². The molecule has 0 unspecified atom stereocenters. The number of hydrogen-bond donors (Lipinski definition) is 1. The molecule has 27 heavy (non-hydrogen) atoms. The van der Waals surface area contributed by atoms with Crippen molar-refractivity contribution in [1.29, 1.82) is 0 Å². The zero-order chi connectivity index (χ0) is 19.0. The largest absolute Gasteiger partial charge is 0.300 e. The summed E-state index contributed by atoms with van der Waals surface area (Å²) >= 11 is 2.68. The van der Waals surface area contributed by atoms with Crippen LogP contribution in [-0.2, 0) is 11.3 Å². The fraction of sp³-hybridized carbons (Fsp3) is 0.158. The van der Waals surface area contributed by atoms with Gasteiger partial charge in [-0.1, -0.05) is 12.1 Å². The number of amides is 1. The Hall–Kier alpha value is -2.84. The van der Waals surface area contributed by atoms with Gasteiger partial charge in [-0.2, -0.15) is 0 Å². The van der Waals surface area contributed by atoms with Gasteiger partial charge >= 0.3 is 0 Å². The molecule has 0 fully saturated rings. The summed E-state index contributed by atoms with van der Waals surface area (Å²) < 4.78 is 1.86. The van der Waals surface area contributed by atoms with Crippen molar-refractivity contribution in [2.75, 3.05) is 5.32 Å². The number of thiophene rings is 1. The number of rotatable bonds is 4. The van der Waals surface area contributed by atoms with Crippen LogP contribution in [0.1, 0.15) is 11.1 Å². The topological polar surface area (TPSA) is 76.9 Å². The quantitative estimate of drug-likeness (QED) is 0.569. The van der Waals surface area contributed by atoms with Crippen LogP contribution in [0, 0.1) is 13.8 Å². The molecule has 3 aromatic heterocycles. The number of thiazole rings is 1. The number of fused-ring (bicyclic) bond motifs is 1. The molecule has 0 aliphatic carbocycles. The molecular formula is C19H16N4O2S2. The number of hydrogen-bond acceptors (Lipinski definition) is 6. The molecule has 1 aromatic carbocycles. The van der Waals surface area contributed by atoms with E-state index in [1.165, 1.54) is 44.7 Å². The van der Waals surface area contributed by atoms with Crippen molar-refractivity contribution in [2.45, 2.75) is 20.4 Å². The van der Waals surface area contributed by atoms with Crippen molar-refractivity contribution in [2.24, 2.45) is 0 Å². The summed E-state index contributed by atoms with van der Waals surface area (Å²) in [5.41, 5.74) is 4.70. The summed E-state index contributed by atoms with van der Waals surface area (Å²) in [7, 11) is 0. The molecule has 0 spiro atoms. The standard InChI is InChI=1S/C19H16N4O2S2/c1-11-3-4-13(7-12(11)2)15-9-27-19(21-15)22-16(24)8-23-10-20-14-5-6-26-17(14)18(23)25/h3-7,9-10H,8H2,1-2H3,(H,21,22,24). The van der Waals surface area contributed by atoms with E-state index in [9.17, 15) is 9.59 Å². The number of carbonyl (C=O) groups is 1. The zero-order valence-electron chi connectivity index (χ0n) is 14.7. The van der Waals surface area contributed by atoms with Crippen molar-refractivity contribution < 1.29 is 4.79 Å². The van der Waals surface area contributed by atoms with Crippen LogP contribution in [0.3, 0.4) is 0 Å². The van der Waals surface area contributed by atoms with E-state index in [4.69, 9.17) is 0 Å². The molecular weight excluding hydrogens is 380 g/mol. The second-order valence-corrected chi connectivity index (χ2v) is 7.97. The molecule has 1 N–H and O–H groups in total. The third kappa shape index (κ3) is 3.54. The fourth-order valence-corrected chi connectivity index (χ4v) is 4.20. The maximum Gasteiger partial charge on any atom is 0.271 e. The molecule has 0 aliphatic heterocycles. The molecule has 0 saturated heterocycles. The van der Waals surface area contributed by atoms with E-state index in [-0.39, 0.29) is 18.0 Å². The highest BCUT2D eigenvalue weighted by Crippen LogP contribution is 2.26. The average Bonchev–Trinajstić information content (AvgIpc) is 3.29. The van der Waals surface area contributed by atoms with Gasteiger partial charge in [0.25, 0.3) is 5.56 Å². The monoisotopic (exact) mass is 396 g/mol. The SMILES string of the molecule is Cc1ccc(-c2csc(NC(=O)Cn3cnc4ccsc4c3=O)n2)cc1C. The summed E-state index contributed by atoms with van der Waals surface area (Å²) in [5.74, 6) is -0.309. The second kappa shape index (κ2) is 7.05. The molecule has 1 amide bonds. The minimum atomic E-state index is -0.309. The Kier molecular flexibility index (Phi) is 4.59. The van der Waals surface area contributed by atoms with Gasteiger partial charge in [0.05, 0.1) is 17.5 Å². The smallest absolute Gasteiger partial charge is 0.271 e. The minimum Gasteiger partial charge on any atom is -0.300 e. The molecule has 0 atom stereocenters. The lowest BCUT2D eigenvalue weighted by molar-refractivity contribution is -0.116. The van der Waals surface area contributed by atoms with E-state index in [1.54, 1.807) is 6.07 Å². The number of nitrogens with one attached hydrogen (secondary N) is 1. The molecule has 0 bridgehead atoms. The summed E-state index contributed by atoms with van der Waals surface area (Å²) in [6.45, 7) is 4.03. The Morgan fingerprint density at radius 1 is 1.19 bits per heavy atom. The number of aryl methyl sites for hydroxylation is 2. The Labute approximate surface area is 163 Å². The van der Waals surface area contributed by atoms with Crippen molar-refractivity contribution in [1.82, 2.24) is 14.5 Å². The van der Waals surface area contributed by atoms with Gasteiger partial charge in [-0.15, -0.1) is 22.7 Å². The lowest BCUT2D eigenvalue weighted by Gasteiger charge is -2.05. The number of aromatic nitrogens is 3. The molecule has 0 aliphatic rings. The highest BCUT2D eigenvalue weighted by atomic mass is 32.1. The molecule has 8 heteroatoms. The maximum atomic E-state index is 12.4. The number of benzene rings is 1. The molecule has 4 rings (SSSR count). The number of nitrogens with zero attached hydrogens (tertiary/aromatic N) is 3. The van der Waals surface area contributed by atoms with Gasteiger partial charge in [0.15, 0.2) is 5.13 Å². The Balaban J connectivity index is 1.49. The summed E-state index contributed by atoms with van der Waals surface area (Å²) in [6.07, 6.45) is 1.40. The van der Waals surface area contributed by atoms with Gasteiger partial charge in [-0.25, -0.2) is 9.97 Å². The van der Waals surface area contributed by atoms with E-state index >= 15 is 0 Å². The van der Waals surface area contributed by atoms with Crippen molar-refractivity contribution >= 4 is 43.9 Å². The molecule has 136 valence electrons. The van der Waals surface area contributed by atoms with Crippen LogP contribution in [0.4, 0.5) is 5.13 Å². The fourth-order valence-electron chi connectivity index (χ4n) is 2.67. The van der Waals surface area contributed by atoms with Crippen LogP contribution >= 0.6 is 22.7 Å². The predicted octanol–water partition coefficient (Wildman–Crippen LogP) is 3.84. The Bertz CT molecular complexity index is 1210. The van der Waals surface area contributed by atoms with Gasteiger partial charge in [-0.3, -0.25) is 14.2 Å². The van der Waals surface area contributed by atoms with Gasteiger partial charge in [0, 0.05) is 10.9 Å². The van der Waals surface area contributed by atoms with Crippen LogP contribution < -0.4 is 10.9 Å². The van der Waals surface area contributed by atoms with E-state index in [2.05, 4.69) is 41.3 Å².